The van der Waals surface area contributed by atoms with E-state index in [0.717, 1.165) is 17.4 Å². The first-order valence-electron chi connectivity index (χ1n) is 7.03. The molecule has 1 heterocycles. The first-order chi connectivity index (χ1) is 9.24. The van der Waals surface area contributed by atoms with Crippen LogP contribution in [0.5, 0.6) is 0 Å². The summed E-state index contributed by atoms with van der Waals surface area (Å²) in [4.78, 5) is 12.2. The fourth-order valence-corrected chi connectivity index (χ4v) is 2.86. The quantitative estimate of drug-likeness (QED) is 0.890. The summed E-state index contributed by atoms with van der Waals surface area (Å²) < 4.78 is 5.59. The molecule has 0 aliphatic heterocycles. The number of fused-ring (bicyclic) bond motifs is 1. The van der Waals surface area contributed by atoms with E-state index in [-0.39, 0.29) is 11.9 Å². The number of hydrogen-bond acceptors (Lipinski definition) is 2. The summed E-state index contributed by atoms with van der Waals surface area (Å²) in [6, 6.07) is 9.81. The molecule has 1 aliphatic rings. The number of hydrogen-bond donors (Lipinski definition) is 1. The van der Waals surface area contributed by atoms with Crippen molar-refractivity contribution in [1.29, 1.82) is 0 Å². The number of nitrogens with one attached hydrogen (secondary N) is 1. The summed E-state index contributed by atoms with van der Waals surface area (Å²) >= 11 is 0. The molecule has 1 fully saturated rings. The molecule has 3 nitrogen and oxygen atoms in total. The van der Waals surface area contributed by atoms with Crippen molar-refractivity contribution in [3.63, 3.8) is 0 Å². The second kappa shape index (κ2) is 5.08. The van der Waals surface area contributed by atoms with Crippen LogP contribution < -0.4 is 5.32 Å². The van der Waals surface area contributed by atoms with Gasteiger partial charge < -0.3 is 9.73 Å². The van der Waals surface area contributed by atoms with Crippen molar-refractivity contribution >= 4 is 16.9 Å². The van der Waals surface area contributed by atoms with E-state index in [1.54, 1.807) is 0 Å². The minimum atomic E-state index is -0.0880. The first kappa shape index (κ1) is 12.3. The smallest absolute Gasteiger partial charge is 0.287 e. The number of carbonyl (C=O) groups is 1. The van der Waals surface area contributed by atoms with Gasteiger partial charge in [-0.25, -0.2) is 0 Å². The zero-order valence-electron chi connectivity index (χ0n) is 11.2. The van der Waals surface area contributed by atoms with Crippen LogP contribution >= 0.6 is 0 Å². The molecule has 2 aromatic rings. The molecular weight excluding hydrogens is 238 g/mol. The van der Waals surface area contributed by atoms with Crippen LogP contribution in [0.4, 0.5) is 0 Å². The Labute approximate surface area is 113 Å². The van der Waals surface area contributed by atoms with E-state index in [1.165, 1.54) is 19.3 Å². The van der Waals surface area contributed by atoms with Gasteiger partial charge >= 0.3 is 0 Å². The average molecular weight is 257 g/mol. The summed E-state index contributed by atoms with van der Waals surface area (Å²) in [5.74, 6) is 0.885. The van der Waals surface area contributed by atoms with E-state index in [2.05, 4.69) is 12.2 Å². The maximum atomic E-state index is 12.2. The van der Waals surface area contributed by atoms with Crippen LogP contribution in [0.1, 0.15) is 43.2 Å². The number of carbonyl (C=O) groups excluding carboxylic acids is 1. The maximum Gasteiger partial charge on any atom is 0.287 e. The summed E-state index contributed by atoms with van der Waals surface area (Å²) in [6.07, 6.45) is 4.76. The van der Waals surface area contributed by atoms with Crippen LogP contribution in [0.15, 0.2) is 34.7 Å². The van der Waals surface area contributed by atoms with Crippen molar-refractivity contribution in [2.24, 2.45) is 5.92 Å². The Bertz CT molecular complexity index is 554. The molecule has 2 atom stereocenters. The van der Waals surface area contributed by atoms with Crippen molar-refractivity contribution in [2.45, 2.75) is 38.6 Å². The standard InChI is InChI=1S/C16H19NO2/c1-11-6-2-4-8-13(11)17-16(18)15-10-12-7-3-5-9-14(12)19-15/h3,5,7,9-11,13H,2,4,6,8H2,1H3,(H,17,18)/t11-,13+/m0/s1. The van der Waals surface area contributed by atoms with Crippen molar-refractivity contribution < 1.29 is 9.21 Å². The van der Waals surface area contributed by atoms with Gasteiger partial charge in [-0.2, -0.15) is 0 Å². The molecule has 0 unspecified atom stereocenters. The SMILES string of the molecule is C[C@H]1CCCC[C@H]1NC(=O)c1cc2ccccc2o1. The third kappa shape index (κ3) is 2.50. The molecule has 1 aliphatic carbocycles. The van der Waals surface area contributed by atoms with Gasteiger partial charge in [0.1, 0.15) is 5.58 Å². The topological polar surface area (TPSA) is 42.2 Å². The summed E-state index contributed by atoms with van der Waals surface area (Å²) in [6.45, 7) is 2.21. The van der Waals surface area contributed by atoms with Gasteiger partial charge in [0.05, 0.1) is 0 Å². The monoisotopic (exact) mass is 257 g/mol. The second-order valence-corrected chi connectivity index (χ2v) is 5.49. The van der Waals surface area contributed by atoms with Crippen LogP contribution in [0, 0.1) is 5.92 Å². The Balaban J connectivity index is 1.76. The van der Waals surface area contributed by atoms with Gasteiger partial charge in [0.15, 0.2) is 5.76 Å². The van der Waals surface area contributed by atoms with E-state index in [1.807, 2.05) is 30.3 Å². The molecule has 1 amide bonds. The van der Waals surface area contributed by atoms with Gasteiger partial charge in [-0.1, -0.05) is 38.0 Å². The summed E-state index contributed by atoms with van der Waals surface area (Å²) in [5, 5.41) is 4.09. The van der Waals surface area contributed by atoms with E-state index >= 15 is 0 Å². The minimum Gasteiger partial charge on any atom is -0.451 e. The zero-order valence-corrected chi connectivity index (χ0v) is 11.2. The highest BCUT2D eigenvalue weighted by molar-refractivity contribution is 5.96. The third-order valence-corrected chi connectivity index (χ3v) is 4.08. The maximum absolute atomic E-state index is 12.2. The van der Waals surface area contributed by atoms with E-state index < -0.39 is 0 Å². The highest BCUT2D eigenvalue weighted by atomic mass is 16.3. The van der Waals surface area contributed by atoms with Crippen molar-refractivity contribution in [1.82, 2.24) is 5.32 Å². The van der Waals surface area contributed by atoms with E-state index in [9.17, 15) is 4.79 Å². The lowest BCUT2D eigenvalue weighted by Crippen LogP contribution is -2.40. The number of furan rings is 1. The van der Waals surface area contributed by atoms with E-state index in [0.29, 0.717) is 11.7 Å². The number of para-hydroxylation sites is 1. The average Bonchev–Trinajstić information content (AvgIpc) is 2.85. The van der Waals surface area contributed by atoms with Crippen LogP contribution in [0.3, 0.4) is 0 Å². The molecule has 3 heteroatoms. The Morgan fingerprint density at radius 1 is 1.26 bits per heavy atom. The van der Waals surface area contributed by atoms with Crippen molar-refractivity contribution in [3.05, 3.63) is 36.1 Å². The van der Waals surface area contributed by atoms with Crippen LogP contribution in [-0.2, 0) is 0 Å². The molecule has 19 heavy (non-hydrogen) atoms. The van der Waals surface area contributed by atoms with Gasteiger partial charge in [-0.3, -0.25) is 4.79 Å². The van der Waals surface area contributed by atoms with Crippen molar-refractivity contribution in [2.75, 3.05) is 0 Å². The largest absolute Gasteiger partial charge is 0.451 e. The fourth-order valence-electron chi connectivity index (χ4n) is 2.86. The molecule has 100 valence electrons. The van der Waals surface area contributed by atoms with Gasteiger partial charge in [-0.05, 0) is 30.9 Å². The lowest BCUT2D eigenvalue weighted by Gasteiger charge is -2.29. The normalized spacial score (nSPS) is 23.4. The van der Waals surface area contributed by atoms with E-state index in [4.69, 9.17) is 4.42 Å². The summed E-state index contributed by atoms with van der Waals surface area (Å²) in [5.41, 5.74) is 0.768. The molecule has 0 radical (unpaired) electrons. The van der Waals surface area contributed by atoms with Gasteiger partial charge in [0.2, 0.25) is 0 Å². The zero-order chi connectivity index (χ0) is 13.2. The Hall–Kier alpha value is -1.77. The molecule has 0 bridgehead atoms. The van der Waals surface area contributed by atoms with Crippen molar-refractivity contribution in [3.8, 4) is 0 Å². The lowest BCUT2D eigenvalue weighted by molar-refractivity contribution is 0.0884. The lowest BCUT2D eigenvalue weighted by atomic mass is 9.86. The second-order valence-electron chi connectivity index (χ2n) is 5.49. The van der Waals surface area contributed by atoms with Crippen LogP contribution in [0.25, 0.3) is 11.0 Å². The third-order valence-electron chi connectivity index (χ3n) is 4.08. The Morgan fingerprint density at radius 2 is 2.05 bits per heavy atom. The summed E-state index contributed by atoms with van der Waals surface area (Å²) in [7, 11) is 0. The molecule has 1 saturated carbocycles. The Kier molecular flexibility index (Phi) is 3.28. The molecular formula is C16H19NO2. The predicted octanol–water partition coefficient (Wildman–Crippen LogP) is 3.74. The predicted molar refractivity (Wildman–Crippen MR) is 75.1 cm³/mol. The fraction of sp³-hybridized carbons (Fsp3) is 0.438. The number of rotatable bonds is 2. The van der Waals surface area contributed by atoms with Crippen LogP contribution in [-0.4, -0.2) is 11.9 Å². The van der Waals surface area contributed by atoms with Gasteiger partial charge in [0.25, 0.3) is 5.91 Å². The molecule has 1 N–H and O–H groups in total. The number of benzene rings is 1. The van der Waals surface area contributed by atoms with Gasteiger partial charge in [-0.15, -0.1) is 0 Å². The van der Waals surface area contributed by atoms with Gasteiger partial charge in [0, 0.05) is 11.4 Å². The minimum absolute atomic E-state index is 0.0880. The number of amides is 1. The first-order valence-corrected chi connectivity index (χ1v) is 7.03. The molecule has 3 rings (SSSR count). The molecule has 1 aromatic carbocycles. The molecule has 1 aromatic heterocycles. The van der Waals surface area contributed by atoms with Crippen LogP contribution in [0.2, 0.25) is 0 Å². The molecule has 0 saturated heterocycles. The highest BCUT2D eigenvalue weighted by Gasteiger charge is 2.24. The Morgan fingerprint density at radius 3 is 2.84 bits per heavy atom. The highest BCUT2D eigenvalue weighted by Crippen LogP contribution is 2.25. The molecule has 0 spiro atoms.